The van der Waals surface area contributed by atoms with Crippen LogP contribution < -0.4 is 21.3 Å². The van der Waals surface area contributed by atoms with E-state index in [4.69, 9.17) is 5.73 Å². The highest BCUT2D eigenvalue weighted by Crippen LogP contribution is 2.53. The molecule has 6 atom stereocenters. The summed E-state index contributed by atoms with van der Waals surface area (Å²) in [6.07, 6.45) is 1.73. The molecule has 240 valence electrons. The summed E-state index contributed by atoms with van der Waals surface area (Å²) in [5.74, 6) is -10.5. The van der Waals surface area contributed by atoms with Crippen molar-refractivity contribution < 1.29 is 34.2 Å². The minimum absolute atomic E-state index is 0.0107. The highest BCUT2D eigenvalue weighted by molar-refractivity contribution is 6.32. The third-order valence-electron chi connectivity index (χ3n) is 10.1. The number of ketones is 4. The van der Waals surface area contributed by atoms with Crippen molar-refractivity contribution in [2.45, 2.75) is 82.1 Å². The van der Waals surface area contributed by atoms with Gasteiger partial charge in [0.25, 0.3) is 0 Å². The maximum absolute atomic E-state index is 14.3. The Balaban J connectivity index is 1.60. The van der Waals surface area contributed by atoms with Crippen LogP contribution in [-0.4, -0.2) is 101 Å². The van der Waals surface area contributed by atoms with E-state index in [1.165, 1.54) is 4.90 Å². The summed E-state index contributed by atoms with van der Waals surface area (Å²) >= 11 is 0. The number of hydrogen-bond acceptors (Lipinski definition) is 11. The molecule has 5 rings (SSSR count). The third-order valence-corrected chi connectivity index (χ3v) is 10.1. The van der Waals surface area contributed by atoms with Gasteiger partial charge in [0.2, 0.25) is 5.91 Å². The van der Waals surface area contributed by atoms with Gasteiger partial charge in [-0.3, -0.25) is 28.9 Å². The fourth-order valence-electron chi connectivity index (χ4n) is 8.81. The lowest BCUT2D eigenvalue weighted by molar-refractivity contribution is -0.181. The van der Waals surface area contributed by atoms with Crippen molar-refractivity contribution in [2.75, 3.05) is 38.4 Å². The molecule has 0 bridgehead atoms. The average molecular weight is 612 g/mol. The number of hydrogen-bond donors (Lipinski definition) is 5. The van der Waals surface area contributed by atoms with Crippen molar-refractivity contribution in [3.8, 4) is 5.75 Å². The minimum atomic E-state index is -2.75. The van der Waals surface area contributed by atoms with Crippen LogP contribution in [0.3, 0.4) is 0 Å². The average Bonchev–Trinajstić information content (AvgIpc) is 2.85. The molecule has 12 heteroatoms. The number of benzene rings is 1. The summed E-state index contributed by atoms with van der Waals surface area (Å²) in [5.41, 5.74) is 3.91. The summed E-state index contributed by atoms with van der Waals surface area (Å²) < 4.78 is 0. The largest absolute Gasteiger partial charge is 0.505 e. The molecule has 1 saturated heterocycles. The van der Waals surface area contributed by atoms with Gasteiger partial charge in [-0.05, 0) is 85.0 Å². The van der Waals surface area contributed by atoms with E-state index in [2.05, 4.69) is 38.3 Å². The number of primary amides is 1. The second kappa shape index (κ2) is 10.3. The molecule has 0 spiro atoms. The molecule has 3 aliphatic carbocycles. The number of Topliss-reactive ketones (excluding diaryl/α,β-unsaturated/α-hetero) is 4. The molecule has 6 N–H and O–H groups in total. The molecule has 3 fully saturated rings. The van der Waals surface area contributed by atoms with E-state index in [-0.39, 0.29) is 41.3 Å². The maximum Gasteiger partial charge on any atom is 0.235 e. The Morgan fingerprint density at radius 2 is 1.61 bits per heavy atom. The van der Waals surface area contributed by atoms with Crippen LogP contribution in [-0.2, 0) is 25.6 Å². The molecule has 2 saturated carbocycles. The van der Waals surface area contributed by atoms with Crippen molar-refractivity contribution in [3.63, 3.8) is 0 Å². The second-order valence-corrected chi connectivity index (χ2v) is 15.0. The summed E-state index contributed by atoms with van der Waals surface area (Å²) in [5, 5.41) is 30.6. The number of carbonyl (C=O) groups is 5. The first-order valence-electron chi connectivity index (χ1n) is 15.2. The van der Waals surface area contributed by atoms with Gasteiger partial charge in [0.1, 0.15) is 5.75 Å². The Morgan fingerprint density at radius 1 is 1.02 bits per heavy atom. The van der Waals surface area contributed by atoms with E-state index >= 15 is 0 Å². The van der Waals surface area contributed by atoms with Gasteiger partial charge < -0.3 is 31.5 Å². The standard InChI is InChI=1S/C32H45N5O7/c1-30(2)12-15(13-31(3,4)35-30)34-18-11-19(36(5)6)16-9-14-10-17-23(37(7)8)26(40)22(29(33)43)28(42)32(17,44)27(41)20(14)25(39)21(16)24(18)38/h11,14-15,17,20,22-23,34-35,38,44H,9-10,12-13H2,1-8H3,(H2,33,43)/t14-,17-,20?,22?,23-,32-/m1/s1. The SMILES string of the molecule is CN(C)c1cc(NC2CC(C)(C)NC(C)(C)C2)c(O)c2c1C[C@@H]1C[C@@H]3[C@@H](N(C)C)C(=O)C(C(N)=O)C(=O)[C@]3(O)C(=O)C1C2=O. The fourth-order valence-corrected chi connectivity index (χ4v) is 8.81. The Labute approximate surface area is 257 Å². The zero-order chi connectivity index (χ0) is 32.8. The number of rotatable bonds is 5. The maximum atomic E-state index is 14.3. The number of aliphatic hydroxyl groups is 1. The molecular formula is C32H45N5O7. The molecule has 12 nitrogen and oxygen atoms in total. The van der Waals surface area contributed by atoms with Crippen LogP contribution >= 0.6 is 0 Å². The van der Waals surface area contributed by atoms with Gasteiger partial charge in [0, 0.05) is 42.8 Å². The van der Waals surface area contributed by atoms with Crippen molar-refractivity contribution in [2.24, 2.45) is 29.4 Å². The van der Waals surface area contributed by atoms with Gasteiger partial charge in [0.05, 0.1) is 23.2 Å². The summed E-state index contributed by atoms with van der Waals surface area (Å²) in [6.45, 7) is 8.45. The molecule has 44 heavy (non-hydrogen) atoms. The van der Waals surface area contributed by atoms with E-state index in [0.717, 1.165) is 12.8 Å². The Bertz CT molecular complexity index is 1450. The topological polar surface area (TPSA) is 182 Å². The number of likely N-dealkylation sites (N-methyl/N-ethyl adjacent to an activating group) is 1. The zero-order valence-electron chi connectivity index (χ0n) is 26.8. The quantitative estimate of drug-likeness (QED) is 0.233. The van der Waals surface area contributed by atoms with E-state index in [9.17, 15) is 34.2 Å². The number of phenols is 1. The molecule has 1 amide bonds. The molecule has 1 aliphatic heterocycles. The molecule has 0 radical (unpaired) electrons. The summed E-state index contributed by atoms with van der Waals surface area (Å²) in [6, 6.07) is 0.650. The highest BCUT2D eigenvalue weighted by atomic mass is 16.3. The normalized spacial score (nSPS) is 33.0. The zero-order valence-corrected chi connectivity index (χ0v) is 26.8. The molecule has 1 aromatic rings. The Morgan fingerprint density at radius 3 is 2.14 bits per heavy atom. The Kier molecular flexibility index (Phi) is 7.54. The van der Waals surface area contributed by atoms with Crippen LogP contribution in [0.2, 0.25) is 0 Å². The monoisotopic (exact) mass is 611 g/mol. The van der Waals surface area contributed by atoms with Crippen LogP contribution in [0.25, 0.3) is 0 Å². The van der Waals surface area contributed by atoms with E-state index in [1.807, 2.05) is 25.1 Å². The van der Waals surface area contributed by atoms with Crippen molar-refractivity contribution in [3.05, 3.63) is 17.2 Å². The fraction of sp³-hybridized carbons (Fsp3) is 0.656. The van der Waals surface area contributed by atoms with E-state index in [0.29, 0.717) is 16.9 Å². The lowest BCUT2D eigenvalue weighted by Crippen LogP contribution is -2.74. The molecular weight excluding hydrogens is 566 g/mol. The highest BCUT2D eigenvalue weighted by Gasteiger charge is 2.69. The van der Waals surface area contributed by atoms with Gasteiger partial charge in [-0.25, -0.2) is 0 Å². The van der Waals surface area contributed by atoms with Gasteiger partial charge in [-0.2, -0.15) is 0 Å². The molecule has 2 unspecified atom stereocenters. The summed E-state index contributed by atoms with van der Waals surface area (Å²) in [7, 11) is 6.80. The molecule has 4 aliphatic rings. The van der Waals surface area contributed by atoms with E-state index in [1.54, 1.807) is 14.1 Å². The number of amides is 1. The first-order chi connectivity index (χ1) is 20.2. The van der Waals surface area contributed by atoms with Crippen LogP contribution in [0.1, 0.15) is 62.9 Å². The van der Waals surface area contributed by atoms with Crippen LogP contribution in [0.5, 0.6) is 5.75 Å². The van der Waals surface area contributed by atoms with Crippen molar-refractivity contribution in [1.82, 2.24) is 10.2 Å². The van der Waals surface area contributed by atoms with Gasteiger partial charge >= 0.3 is 0 Å². The first-order valence-corrected chi connectivity index (χ1v) is 15.2. The molecule has 1 aromatic carbocycles. The number of piperidine rings is 1. The lowest BCUT2D eigenvalue weighted by Gasteiger charge is -2.52. The van der Waals surface area contributed by atoms with E-state index < -0.39 is 64.4 Å². The lowest BCUT2D eigenvalue weighted by atomic mass is 9.52. The number of phenolic OH excluding ortho intramolecular Hbond substituents is 1. The Hall–Kier alpha value is -3.35. The van der Waals surface area contributed by atoms with Crippen molar-refractivity contribution >= 4 is 40.4 Å². The third kappa shape index (κ3) is 4.82. The minimum Gasteiger partial charge on any atom is -0.505 e. The van der Waals surface area contributed by atoms with Crippen LogP contribution in [0.15, 0.2) is 6.07 Å². The van der Waals surface area contributed by atoms with Gasteiger partial charge in [0.15, 0.2) is 34.7 Å². The van der Waals surface area contributed by atoms with Gasteiger partial charge in [-0.1, -0.05) is 0 Å². The number of fused-ring (bicyclic) bond motifs is 3. The number of carbonyl (C=O) groups excluding carboxylic acids is 5. The van der Waals surface area contributed by atoms with Crippen LogP contribution in [0.4, 0.5) is 11.4 Å². The molecule has 0 aromatic heterocycles. The number of nitrogens with two attached hydrogens (primary N) is 1. The smallest absolute Gasteiger partial charge is 0.235 e. The van der Waals surface area contributed by atoms with Gasteiger partial charge in [-0.15, -0.1) is 0 Å². The number of aromatic hydroxyl groups is 1. The second-order valence-electron chi connectivity index (χ2n) is 15.0. The van der Waals surface area contributed by atoms with Crippen LogP contribution in [0, 0.1) is 23.7 Å². The first kappa shape index (κ1) is 32.1. The summed E-state index contributed by atoms with van der Waals surface area (Å²) in [4.78, 5) is 70.9. The predicted octanol–water partition coefficient (Wildman–Crippen LogP) is 0.654. The van der Waals surface area contributed by atoms with Crippen molar-refractivity contribution in [1.29, 1.82) is 0 Å². The number of nitrogens with zero attached hydrogens (tertiary/aromatic N) is 2. The predicted molar refractivity (Wildman–Crippen MR) is 164 cm³/mol. The number of anilines is 2. The molecule has 1 heterocycles. The number of nitrogens with one attached hydrogen (secondary N) is 2.